The van der Waals surface area contributed by atoms with Gasteiger partial charge in [0.15, 0.2) is 0 Å². The fraction of sp³-hybridized carbons (Fsp3) is 0.316. The first-order valence-corrected chi connectivity index (χ1v) is 10.2. The molecule has 7 nitrogen and oxygen atoms in total. The Balaban J connectivity index is 1.66. The van der Waals surface area contributed by atoms with Gasteiger partial charge in [0.25, 0.3) is 0 Å². The van der Waals surface area contributed by atoms with Crippen LogP contribution in [0.2, 0.25) is 0 Å². The predicted octanol–water partition coefficient (Wildman–Crippen LogP) is 2.10. The largest absolute Gasteiger partial charge is 0.492 e. The molecule has 0 aromatic heterocycles. The Morgan fingerprint density at radius 2 is 1.79 bits per heavy atom. The first-order valence-electron chi connectivity index (χ1n) is 8.75. The molecule has 0 saturated heterocycles. The predicted molar refractivity (Wildman–Crippen MR) is 104 cm³/mol. The van der Waals surface area contributed by atoms with Crippen LogP contribution in [-0.4, -0.2) is 40.7 Å². The van der Waals surface area contributed by atoms with E-state index in [1.807, 2.05) is 13.0 Å². The molecule has 3 N–H and O–H groups in total. The molecule has 28 heavy (non-hydrogen) atoms. The topological polar surface area (TPSA) is 96.5 Å². The molecule has 0 aliphatic heterocycles. The Hall–Kier alpha value is -2.65. The maximum Gasteiger partial charge on any atom is 0.314 e. The zero-order chi connectivity index (χ0) is 20.6. The summed E-state index contributed by atoms with van der Waals surface area (Å²) < 4.78 is 45.4. The van der Waals surface area contributed by atoms with Gasteiger partial charge in [-0.25, -0.2) is 22.3 Å². The van der Waals surface area contributed by atoms with E-state index in [1.165, 1.54) is 18.2 Å². The summed E-state index contributed by atoms with van der Waals surface area (Å²) in [5, 5.41) is 5.12. The van der Waals surface area contributed by atoms with E-state index < -0.39 is 21.9 Å². The van der Waals surface area contributed by atoms with E-state index in [-0.39, 0.29) is 31.1 Å². The van der Waals surface area contributed by atoms with E-state index in [0.717, 1.165) is 5.56 Å². The van der Waals surface area contributed by atoms with Crippen LogP contribution in [0.15, 0.2) is 47.4 Å². The average molecular weight is 409 g/mol. The molecule has 2 aromatic rings. The van der Waals surface area contributed by atoms with E-state index in [9.17, 15) is 17.6 Å². The number of urea groups is 1. The second-order valence-corrected chi connectivity index (χ2v) is 7.89. The number of rotatable bonds is 9. The number of hydrogen-bond donors (Lipinski definition) is 3. The van der Waals surface area contributed by atoms with E-state index in [4.69, 9.17) is 4.74 Å². The molecule has 0 atom stereocenters. The Morgan fingerprint density at radius 1 is 1.04 bits per heavy atom. The van der Waals surface area contributed by atoms with Crippen molar-refractivity contribution in [2.75, 3.05) is 26.2 Å². The fourth-order valence-corrected chi connectivity index (χ4v) is 3.75. The van der Waals surface area contributed by atoms with E-state index >= 15 is 0 Å². The molecule has 0 saturated carbocycles. The van der Waals surface area contributed by atoms with Crippen LogP contribution in [0.1, 0.15) is 11.1 Å². The maximum atomic E-state index is 13.0. The minimum Gasteiger partial charge on any atom is -0.492 e. The molecule has 152 valence electrons. The van der Waals surface area contributed by atoms with Crippen LogP contribution in [0.5, 0.6) is 5.75 Å². The normalized spacial score (nSPS) is 11.1. The number of ether oxygens (including phenoxy) is 1. The molecule has 0 radical (unpaired) electrons. The average Bonchev–Trinajstić information content (AvgIpc) is 2.64. The van der Waals surface area contributed by atoms with Crippen molar-refractivity contribution in [3.8, 4) is 5.75 Å². The lowest BCUT2D eigenvalue weighted by molar-refractivity contribution is 0.236. The summed E-state index contributed by atoms with van der Waals surface area (Å²) >= 11 is 0. The van der Waals surface area contributed by atoms with Gasteiger partial charge in [0.05, 0.1) is 11.4 Å². The third kappa shape index (κ3) is 6.82. The van der Waals surface area contributed by atoms with Crippen molar-refractivity contribution in [2.45, 2.75) is 18.7 Å². The third-order valence-electron chi connectivity index (χ3n) is 3.79. The summed E-state index contributed by atoms with van der Waals surface area (Å²) in [6, 6.07) is 10.5. The number of carbonyl (C=O) groups excluding carboxylic acids is 1. The van der Waals surface area contributed by atoms with Gasteiger partial charge < -0.3 is 15.4 Å². The molecule has 9 heteroatoms. The summed E-state index contributed by atoms with van der Waals surface area (Å²) in [5.41, 5.74) is 1.51. The van der Waals surface area contributed by atoms with Gasteiger partial charge in [-0.15, -0.1) is 0 Å². The molecule has 2 rings (SSSR count). The van der Waals surface area contributed by atoms with Crippen molar-refractivity contribution in [1.29, 1.82) is 0 Å². The van der Waals surface area contributed by atoms with Gasteiger partial charge in [-0.2, -0.15) is 0 Å². The first-order chi connectivity index (χ1) is 13.3. The standard InChI is InChI=1S/C19H24FN3O4S/c1-14-6-7-15(2)18(12-14)28(25,26)23-9-8-21-19(24)22-10-11-27-17-5-3-4-16(20)13-17/h3-7,12-13,23H,8-11H2,1-2H3,(H2,21,22,24). The van der Waals surface area contributed by atoms with Gasteiger partial charge >= 0.3 is 6.03 Å². The van der Waals surface area contributed by atoms with Crippen molar-refractivity contribution in [3.63, 3.8) is 0 Å². The monoisotopic (exact) mass is 409 g/mol. The molecule has 0 spiro atoms. The Morgan fingerprint density at radius 3 is 2.54 bits per heavy atom. The summed E-state index contributed by atoms with van der Waals surface area (Å²) in [4.78, 5) is 11.9. The summed E-state index contributed by atoms with van der Waals surface area (Å²) in [5.74, 6) is -0.0189. The lowest BCUT2D eigenvalue weighted by Gasteiger charge is -2.11. The maximum absolute atomic E-state index is 13.0. The molecule has 2 aromatic carbocycles. The number of halogens is 1. The van der Waals surface area contributed by atoms with Crippen molar-refractivity contribution < 1.29 is 22.3 Å². The summed E-state index contributed by atoms with van der Waals surface area (Å²) in [7, 11) is -3.64. The lowest BCUT2D eigenvalue weighted by Crippen LogP contribution is -2.41. The molecule has 0 aliphatic carbocycles. The highest BCUT2D eigenvalue weighted by atomic mass is 32.2. The Bertz CT molecular complexity index is 919. The van der Waals surface area contributed by atoms with E-state index in [1.54, 1.807) is 25.1 Å². The van der Waals surface area contributed by atoms with Crippen LogP contribution < -0.4 is 20.1 Å². The highest BCUT2D eigenvalue weighted by molar-refractivity contribution is 7.89. The highest BCUT2D eigenvalue weighted by Gasteiger charge is 2.16. The third-order valence-corrected chi connectivity index (χ3v) is 5.39. The van der Waals surface area contributed by atoms with Crippen LogP contribution in [0.25, 0.3) is 0 Å². The van der Waals surface area contributed by atoms with Crippen molar-refractivity contribution in [3.05, 3.63) is 59.4 Å². The van der Waals surface area contributed by atoms with Crippen molar-refractivity contribution >= 4 is 16.1 Å². The minimum atomic E-state index is -3.64. The van der Waals surface area contributed by atoms with E-state index in [0.29, 0.717) is 11.3 Å². The van der Waals surface area contributed by atoms with Crippen LogP contribution >= 0.6 is 0 Å². The van der Waals surface area contributed by atoms with Gasteiger partial charge in [0.2, 0.25) is 10.0 Å². The van der Waals surface area contributed by atoms with Crippen LogP contribution in [0, 0.1) is 19.7 Å². The number of nitrogens with one attached hydrogen (secondary N) is 3. The zero-order valence-corrected chi connectivity index (χ0v) is 16.6. The number of aryl methyl sites for hydroxylation is 2. The highest BCUT2D eigenvalue weighted by Crippen LogP contribution is 2.16. The number of sulfonamides is 1. The molecular weight excluding hydrogens is 385 g/mol. The molecule has 0 heterocycles. The number of hydrogen-bond acceptors (Lipinski definition) is 4. The minimum absolute atomic E-state index is 0.0585. The number of amides is 2. The smallest absolute Gasteiger partial charge is 0.314 e. The molecule has 0 bridgehead atoms. The van der Waals surface area contributed by atoms with Gasteiger partial charge in [-0.1, -0.05) is 18.2 Å². The second-order valence-electron chi connectivity index (χ2n) is 6.16. The fourth-order valence-electron chi connectivity index (χ4n) is 2.39. The Labute approximate surface area is 164 Å². The van der Waals surface area contributed by atoms with Gasteiger partial charge in [0.1, 0.15) is 18.2 Å². The first kappa shape index (κ1) is 21.6. The Kier molecular flexibility index (Phi) is 7.77. The second kappa shape index (κ2) is 10.0. The van der Waals surface area contributed by atoms with Crippen LogP contribution in [0.3, 0.4) is 0 Å². The van der Waals surface area contributed by atoms with Crippen LogP contribution in [-0.2, 0) is 10.0 Å². The van der Waals surface area contributed by atoms with Crippen LogP contribution in [0.4, 0.5) is 9.18 Å². The molecule has 0 unspecified atom stereocenters. The molecular formula is C19H24FN3O4S. The van der Waals surface area contributed by atoms with Crippen molar-refractivity contribution in [1.82, 2.24) is 15.4 Å². The molecule has 2 amide bonds. The van der Waals surface area contributed by atoms with Crippen molar-refractivity contribution in [2.24, 2.45) is 0 Å². The summed E-state index contributed by atoms with van der Waals surface area (Å²) in [6.45, 7) is 4.13. The zero-order valence-electron chi connectivity index (χ0n) is 15.8. The molecule has 0 aliphatic rings. The quantitative estimate of drug-likeness (QED) is 0.553. The number of benzene rings is 2. The van der Waals surface area contributed by atoms with E-state index in [2.05, 4.69) is 15.4 Å². The molecule has 0 fully saturated rings. The van der Waals surface area contributed by atoms with Gasteiger partial charge in [-0.3, -0.25) is 0 Å². The van der Waals surface area contributed by atoms with Gasteiger partial charge in [-0.05, 0) is 43.2 Å². The van der Waals surface area contributed by atoms with Gasteiger partial charge in [0, 0.05) is 19.2 Å². The number of carbonyl (C=O) groups is 1. The SMILES string of the molecule is Cc1ccc(C)c(S(=O)(=O)NCCNC(=O)NCCOc2cccc(F)c2)c1. The lowest BCUT2D eigenvalue weighted by atomic mass is 10.2. The summed E-state index contributed by atoms with van der Waals surface area (Å²) in [6.07, 6.45) is 0.